The topological polar surface area (TPSA) is 59.6 Å². The summed E-state index contributed by atoms with van der Waals surface area (Å²) in [7, 11) is 1.58. The van der Waals surface area contributed by atoms with Crippen LogP contribution in [-0.2, 0) is 4.79 Å². The van der Waals surface area contributed by atoms with E-state index in [0.29, 0.717) is 11.4 Å². The van der Waals surface area contributed by atoms with Crippen molar-refractivity contribution >= 4 is 17.3 Å². The molecule has 2 aromatic rings. The summed E-state index contributed by atoms with van der Waals surface area (Å²) in [5.74, 6) is 1.32. The fourth-order valence-electron chi connectivity index (χ4n) is 2.54. The third-order valence-corrected chi connectivity index (χ3v) is 3.93. The molecule has 0 aliphatic carbocycles. The van der Waals surface area contributed by atoms with Crippen molar-refractivity contribution in [2.75, 3.05) is 30.9 Å². The van der Waals surface area contributed by atoms with E-state index >= 15 is 0 Å². The van der Waals surface area contributed by atoms with Gasteiger partial charge in [-0.2, -0.15) is 0 Å². The standard InChI is InChI=1S/C21H28N2O3/c1-3-4-5-8-14-26-18-11-9-10-17(15-18)22-16-21(24)23-19-12-6-7-13-20(19)25-2/h6-7,9-13,15,22H,3-5,8,14,16H2,1-2H3,(H,23,24). The third-order valence-electron chi connectivity index (χ3n) is 3.93. The number of anilines is 2. The summed E-state index contributed by atoms with van der Waals surface area (Å²) in [5.41, 5.74) is 1.51. The van der Waals surface area contributed by atoms with Gasteiger partial charge >= 0.3 is 0 Å². The molecule has 2 rings (SSSR count). The number of rotatable bonds is 11. The predicted molar refractivity (Wildman–Crippen MR) is 106 cm³/mol. The highest BCUT2D eigenvalue weighted by Crippen LogP contribution is 2.23. The van der Waals surface area contributed by atoms with E-state index in [1.165, 1.54) is 19.3 Å². The maximum atomic E-state index is 12.2. The number of carbonyl (C=O) groups excluding carboxylic acids is 1. The summed E-state index contributed by atoms with van der Waals surface area (Å²) >= 11 is 0. The Labute approximate surface area is 155 Å². The van der Waals surface area contributed by atoms with E-state index in [-0.39, 0.29) is 12.5 Å². The molecule has 0 spiro atoms. The van der Waals surface area contributed by atoms with E-state index in [1.807, 2.05) is 48.5 Å². The largest absolute Gasteiger partial charge is 0.495 e. The molecule has 0 unspecified atom stereocenters. The highest BCUT2D eigenvalue weighted by Gasteiger charge is 2.07. The van der Waals surface area contributed by atoms with Crippen molar-refractivity contribution in [3.8, 4) is 11.5 Å². The monoisotopic (exact) mass is 356 g/mol. The zero-order valence-corrected chi connectivity index (χ0v) is 15.6. The van der Waals surface area contributed by atoms with Crippen LogP contribution in [0.5, 0.6) is 11.5 Å². The number of carbonyl (C=O) groups is 1. The zero-order valence-electron chi connectivity index (χ0n) is 15.6. The quantitative estimate of drug-likeness (QED) is 0.573. The number of para-hydroxylation sites is 2. The van der Waals surface area contributed by atoms with Crippen molar-refractivity contribution in [3.05, 3.63) is 48.5 Å². The van der Waals surface area contributed by atoms with Crippen molar-refractivity contribution in [1.82, 2.24) is 0 Å². The first-order chi connectivity index (χ1) is 12.7. The number of hydrogen-bond donors (Lipinski definition) is 2. The van der Waals surface area contributed by atoms with E-state index in [1.54, 1.807) is 7.11 Å². The van der Waals surface area contributed by atoms with Crippen LogP contribution < -0.4 is 20.1 Å². The number of ether oxygens (including phenoxy) is 2. The van der Waals surface area contributed by atoms with Crippen molar-refractivity contribution in [2.24, 2.45) is 0 Å². The van der Waals surface area contributed by atoms with Gasteiger partial charge in [0.25, 0.3) is 0 Å². The molecule has 0 aliphatic heterocycles. The Balaban J connectivity index is 1.79. The lowest BCUT2D eigenvalue weighted by atomic mass is 10.2. The summed E-state index contributed by atoms with van der Waals surface area (Å²) in [6.45, 7) is 3.08. The fourth-order valence-corrected chi connectivity index (χ4v) is 2.54. The van der Waals surface area contributed by atoms with Crippen molar-refractivity contribution in [3.63, 3.8) is 0 Å². The minimum absolute atomic E-state index is 0.139. The Kier molecular flexibility index (Phi) is 8.33. The Morgan fingerprint density at radius 2 is 1.88 bits per heavy atom. The molecule has 0 atom stereocenters. The van der Waals surface area contributed by atoms with Crippen molar-refractivity contribution in [2.45, 2.75) is 32.6 Å². The summed E-state index contributed by atoms with van der Waals surface area (Å²) in [6.07, 6.45) is 4.72. The molecule has 2 N–H and O–H groups in total. The number of hydrogen-bond acceptors (Lipinski definition) is 4. The Morgan fingerprint density at radius 1 is 1.04 bits per heavy atom. The van der Waals surface area contributed by atoms with E-state index in [0.717, 1.165) is 24.5 Å². The van der Waals surface area contributed by atoms with E-state index < -0.39 is 0 Å². The van der Waals surface area contributed by atoms with Gasteiger partial charge in [0.2, 0.25) is 5.91 Å². The van der Waals surface area contributed by atoms with Gasteiger partial charge in [0, 0.05) is 11.8 Å². The zero-order chi connectivity index (χ0) is 18.6. The van der Waals surface area contributed by atoms with E-state index in [4.69, 9.17) is 9.47 Å². The maximum Gasteiger partial charge on any atom is 0.243 e. The van der Waals surface area contributed by atoms with Gasteiger partial charge in [-0.3, -0.25) is 4.79 Å². The van der Waals surface area contributed by atoms with Crippen molar-refractivity contribution < 1.29 is 14.3 Å². The minimum atomic E-state index is -0.139. The van der Waals surface area contributed by atoms with Gasteiger partial charge in [0.05, 0.1) is 25.9 Å². The van der Waals surface area contributed by atoms with Gasteiger partial charge in [0.15, 0.2) is 0 Å². The second-order valence-corrected chi connectivity index (χ2v) is 6.04. The lowest BCUT2D eigenvalue weighted by molar-refractivity contribution is -0.114. The van der Waals surface area contributed by atoms with Crippen LogP contribution in [0.4, 0.5) is 11.4 Å². The van der Waals surface area contributed by atoms with Crippen LogP contribution in [-0.4, -0.2) is 26.2 Å². The molecule has 0 aromatic heterocycles. The van der Waals surface area contributed by atoms with Crippen LogP contribution in [0.15, 0.2) is 48.5 Å². The minimum Gasteiger partial charge on any atom is -0.495 e. The normalized spacial score (nSPS) is 10.2. The highest BCUT2D eigenvalue weighted by atomic mass is 16.5. The Morgan fingerprint density at radius 3 is 2.69 bits per heavy atom. The number of nitrogens with one attached hydrogen (secondary N) is 2. The van der Waals surface area contributed by atoms with Gasteiger partial charge in [-0.15, -0.1) is 0 Å². The molecular weight excluding hydrogens is 328 g/mol. The molecule has 0 heterocycles. The van der Waals surface area contributed by atoms with Crippen LogP contribution in [0.1, 0.15) is 32.6 Å². The summed E-state index contributed by atoms with van der Waals surface area (Å²) in [6, 6.07) is 15.0. The van der Waals surface area contributed by atoms with Crippen LogP contribution in [0, 0.1) is 0 Å². The van der Waals surface area contributed by atoms with E-state index in [2.05, 4.69) is 17.6 Å². The molecule has 0 bridgehead atoms. The predicted octanol–water partition coefficient (Wildman–Crippen LogP) is 4.70. The van der Waals surface area contributed by atoms with Crippen LogP contribution in [0.25, 0.3) is 0 Å². The smallest absolute Gasteiger partial charge is 0.243 e. The number of methoxy groups -OCH3 is 1. The first kappa shape index (κ1) is 19.6. The van der Waals surface area contributed by atoms with Gasteiger partial charge in [-0.1, -0.05) is 44.4 Å². The summed E-state index contributed by atoms with van der Waals surface area (Å²) in [5, 5.41) is 5.96. The average Bonchev–Trinajstić information content (AvgIpc) is 2.67. The first-order valence-electron chi connectivity index (χ1n) is 9.12. The van der Waals surface area contributed by atoms with Crippen LogP contribution in [0.2, 0.25) is 0 Å². The number of amides is 1. The van der Waals surface area contributed by atoms with Gasteiger partial charge in [-0.05, 0) is 30.7 Å². The SMILES string of the molecule is CCCCCCOc1cccc(NCC(=O)Nc2ccccc2OC)c1. The maximum absolute atomic E-state index is 12.2. The molecular formula is C21H28N2O3. The molecule has 0 saturated carbocycles. The van der Waals surface area contributed by atoms with Crippen LogP contribution in [0.3, 0.4) is 0 Å². The first-order valence-corrected chi connectivity index (χ1v) is 9.12. The number of benzene rings is 2. The molecule has 0 saturated heterocycles. The summed E-state index contributed by atoms with van der Waals surface area (Å²) in [4.78, 5) is 12.2. The average molecular weight is 356 g/mol. The molecule has 0 fully saturated rings. The Bertz CT molecular complexity index is 688. The molecule has 26 heavy (non-hydrogen) atoms. The molecule has 5 heteroatoms. The van der Waals surface area contributed by atoms with Gasteiger partial charge in [-0.25, -0.2) is 0 Å². The second-order valence-electron chi connectivity index (χ2n) is 6.04. The Hall–Kier alpha value is -2.69. The van der Waals surface area contributed by atoms with Gasteiger partial charge in [0.1, 0.15) is 11.5 Å². The second kappa shape index (κ2) is 11.0. The lowest BCUT2D eigenvalue weighted by Crippen LogP contribution is -2.22. The molecule has 2 aromatic carbocycles. The molecule has 5 nitrogen and oxygen atoms in total. The molecule has 1 amide bonds. The highest BCUT2D eigenvalue weighted by molar-refractivity contribution is 5.95. The summed E-state index contributed by atoms with van der Waals surface area (Å²) < 4.78 is 11.0. The number of unbranched alkanes of at least 4 members (excludes halogenated alkanes) is 3. The molecule has 140 valence electrons. The lowest BCUT2D eigenvalue weighted by Gasteiger charge is -2.12. The van der Waals surface area contributed by atoms with E-state index in [9.17, 15) is 4.79 Å². The molecule has 0 aliphatic rings. The molecule has 0 radical (unpaired) electrons. The third kappa shape index (κ3) is 6.67. The van der Waals surface area contributed by atoms with Gasteiger partial charge < -0.3 is 20.1 Å². The van der Waals surface area contributed by atoms with Crippen molar-refractivity contribution in [1.29, 1.82) is 0 Å². The fraction of sp³-hybridized carbons (Fsp3) is 0.381. The van der Waals surface area contributed by atoms with Crippen LogP contribution >= 0.6 is 0 Å².